The molecule has 0 radical (unpaired) electrons. The fraction of sp³-hybridized carbons (Fsp3) is 0.417. The third-order valence-electron chi connectivity index (χ3n) is 6.39. The number of rotatable bonds is 7. The van der Waals surface area contributed by atoms with E-state index in [-0.39, 0.29) is 6.54 Å². The molecule has 5 rings (SSSR count). The third kappa shape index (κ3) is 4.59. The summed E-state index contributed by atoms with van der Waals surface area (Å²) in [5.41, 5.74) is 3.93. The molecule has 2 aliphatic heterocycles. The van der Waals surface area contributed by atoms with Crippen LogP contribution in [0.1, 0.15) is 23.1 Å². The minimum absolute atomic E-state index is 0.118. The highest BCUT2D eigenvalue weighted by molar-refractivity contribution is 7.13. The Morgan fingerprint density at radius 1 is 1.00 bits per heavy atom. The average Bonchev–Trinajstić information content (AvgIpc) is 3.37. The van der Waals surface area contributed by atoms with Crippen LogP contribution in [0, 0.1) is 0 Å². The number of hydrogen-bond donors (Lipinski definition) is 1. The van der Waals surface area contributed by atoms with Gasteiger partial charge in [0.15, 0.2) is 0 Å². The van der Waals surface area contributed by atoms with Gasteiger partial charge in [-0.05, 0) is 59.7 Å². The number of aryl methyl sites for hydroxylation is 1. The van der Waals surface area contributed by atoms with Gasteiger partial charge in [0.1, 0.15) is 5.82 Å². The summed E-state index contributed by atoms with van der Waals surface area (Å²) >= 11 is 1.59. The zero-order chi connectivity index (χ0) is 21.2. The second kappa shape index (κ2) is 8.94. The van der Waals surface area contributed by atoms with Crippen molar-refractivity contribution in [1.29, 1.82) is 0 Å². The first-order valence-corrected chi connectivity index (χ1v) is 11.8. The van der Waals surface area contributed by atoms with Gasteiger partial charge in [-0.1, -0.05) is 30.3 Å². The number of nitrogens with zero attached hydrogens (tertiary/aromatic N) is 4. The van der Waals surface area contributed by atoms with E-state index in [1.165, 1.54) is 26.8 Å². The second-order valence-electron chi connectivity index (χ2n) is 8.58. The van der Waals surface area contributed by atoms with Crippen LogP contribution in [-0.2, 0) is 24.3 Å². The molecule has 3 aromatic rings. The van der Waals surface area contributed by atoms with Crippen molar-refractivity contribution in [2.75, 3.05) is 44.2 Å². The highest BCUT2D eigenvalue weighted by Crippen LogP contribution is 2.30. The molecule has 162 valence electrons. The smallest absolute Gasteiger partial charge is 0.317 e. The fourth-order valence-electron chi connectivity index (χ4n) is 4.77. The lowest BCUT2D eigenvalue weighted by atomic mass is 10.0. The van der Waals surface area contributed by atoms with Crippen molar-refractivity contribution in [1.82, 2.24) is 14.2 Å². The van der Waals surface area contributed by atoms with E-state index in [9.17, 15) is 4.79 Å². The van der Waals surface area contributed by atoms with Gasteiger partial charge in [-0.2, -0.15) is 4.37 Å². The number of anilines is 1. The molecule has 1 aromatic heterocycles. The molecule has 0 atom stereocenters. The number of piperazine rings is 1. The van der Waals surface area contributed by atoms with Crippen LogP contribution in [0.5, 0.6) is 0 Å². The van der Waals surface area contributed by atoms with E-state index in [2.05, 4.69) is 52.3 Å². The number of carbonyl (C=O) groups is 1. The minimum Gasteiger partial charge on any atom is -0.480 e. The highest BCUT2D eigenvalue weighted by atomic mass is 32.1. The molecule has 0 aliphatic carbocycles. The standard InChI is InChI=1S/C24H28N4O2S/c29-23(30)17-27-15-19-8-7-18(14-20(19)16-27)4-3-9-26-10-12-28(13-11-26)24-21-5-1-2-6-22(21)31-25-24/h1-2,5-8,14H,3-4,9-13,15-17H2,(H,29,30). The van der Waals surface area contributed by atoms with Crippen LogP contribution >= 0.6 is 11.5 Å². The predicted molar refractivity (Wildman–Crippen MR) is 125 cm³/mol. The maximum Gasteiger partial charge on any atom is 0.317 e. The van der Waals surface area contributed by atoms with Gasteiger partial charge in [0.05, 0.1) is 11.2 Å². The zero-order valence-corrected chi connectivity index (χ0v) is 18.5. The summed E-state index contributed by atoms with van der Waals surface area (Å²) in [5, 5.41) is 10.3. The van der Waals surface area contributed by atoms with Crippen LogP contribution in [-0.4, -0.2) is 64.5 Å². The molecule has 0 saturated carbocycles. The number of fused-ring (bicyclic) bond motifs is 2. The Labute approximate surface area is 186 Å². The minimum atomic E-state index is -0.754. The molecule has 7 heteroatoms. The van der Waals surface area contributed by atoms with Gasteiger partial charge in [0, 0.05) is 44.7 Å². The Kier molecular flexibility index (Phi) is 5.89. The van der Waals surface area contributed by atoms with E-state index < -0.39 is 5.97 Å². The summed E-state index contributed by atoms with van der Waals surface area (Å²) in [6.45, 7) is 6.97. The third-order valence-corrected chi connectivity index (χ3v) is 7.20. The van der Waals surface area contributed by atoms with Crippen LogP contribution in [0.15, 0.2) is 42.5 Å². The molecule has 31 heavy (non-hydrogen) atoms. The van der Waals surface area contributed by atoms with Crippen molar-refractivity contribution in [3.8, 4) is 0 Å². The van der Waals surface area contributed by atoms with Crippen LogP contribution in [0.4, 0.5) is 5.82 Å². The molecule has 0 unspecified atom stereocenters. The molecule has 1 N–H and O–H groups in total. The quantitative estimate of drug-likeness (QED) is 0.612. The van der Waals surface area contributed by atoms with Crippen LogP contribution in [0.25, 0.3) is 10.1 Å². The molecule has 0 spiro atoms. The Bertz CT molecular complexity index is 1070. The van der Waals surface area contributed by atoms with Gasteiger partial charge >= 0.3 is 5.97 Å². The number of carboxylic acid groups (broad SMARTS) is 1. The zero-order valence-electron chi connectivity index (χ0n) is 17.7. The molecular weight excluding hydrogens is 408 g/mol. The van der Waals surface area contributed by atoms with Gasteiger partial charge in [0.2, 0.25) is 0 Å². The number of hydrogen-bond acceptors (Lipinski definition) is 6. The van der Waals surface area contributed by atoms with Crippen molar-refractivity contribution in [3.63, 3.8) is 0 Å². The topological polar surface area (TPSA) is 59.9 Å². The first kappa shape index (κ1) is 20.4. The lowest BCUT2D eigenvalue weighted by molar-refractivity contribution is -0.138. The Morgan fingerprint density at radius 2 is 1.81 bits per heavy atom. The van der Waals surface area contributed by atoms with E-state index in [4.69, 9.17) is 9.48 Å². The second-order valence-corrected chi connectivity index (χ2v) is 9.38. The summed E-state index contributed by atoms with van der Waals surface area (Å²) < 4.78 is 5.97. The molecule has 1 saturated heterocycles. The lowest BCUT2D eigenvalue weighted by Crippen LogP contribution is -2.46. The molecule has 0 amide bonds. The molecule has 2 aliphatic rings. The maximum atomic E-state index is 11.0. The van der Waals surface area contributed by atoms with Crippen molar-refractivity contribution >= 4 is 33.4 Å². The SMILES string of the molecule is O=C(O)CN1Cc2ccc(CCCN3CCN(c4nsc5ccccc45)CC3)cc2C1. The van der Waals surface area contributed by atoms with Gasteiger partial charge in [0.25, 0.3) is 0 Å². The molecular formula is C24H28N4O2S. The first-order chi connectivity index (χ1) is 15.2. The molecule has 2 aromatic carbocycles. The Hall–Kier alpha value is -2.48. The molecule has 1 fully saturated rings. The fourth-order valence-corrected chi connectivity index (χ4v) is 5.56. The number of carboxylic acids is 1. The first-order valence-electron chi connectivity index (χ1n) is 11.0. The normalized spacial score (nSPS) is 17.4. The Balaban J connectivity index is 1.09. The van der Waals surface area contributed by atoms with Gasteiger partial charge in [-0.3, -0.25) is 14.6 Å². The number of aliphatic carboxylic acids is 1. The number of benzene rings is 2. The summed E-state index contributed by atoms with van der Waals surface area (Å²) in [7, 11) is 0. The summed E-state index contributed by atoms with van der Waals surface area (Å²) in [6, 6.07) is 15.2. The summed E-state index contributed by atoms with van der Waals surface area (Å²) in [4.78, 5) is 17.9. The molecule has 0 bridgehead atoms. The average molecular weight is 437 g/mol. The molecule has 3 heterocycles. The predicted octanol–water partition coefficient (Wildman–Crippen LogP) is 3.45. The molecule has 6 nitrogen and oxygen atoms in total. The van der Waals surface area contributed by atoms with Crippen molar-refractivity contribution in [2.24, 2.45) is 0 Å². The highest BCUT2D eigenvalue weighted by Gasteiger charge is 2.22. The van der Waals surface area contributed by atoms with Gasteiger partial charge < -0.3 is 10.0 Å². The number of aromatic nitrogens is 1. The van der Waals surface area contributed by atoms with E-state index in [0.717, 1.165) is 64.5 Å². The maximum absolute atomic E-state index is 11.0. The lowest BCUT2D eigenvalue weighted by Gasteiger charge is -2.35. The van der Waals surface area contributed by atoms with E-state index >= 15 is 0 Å². The Morgan fingerprint density at radius 3 is 2.65 bits per heavy atom. The monoisotopic (exact) mass is 436 g/mol. The van der Waals surface area contributed by atoms with Crippen LogP contribution < -0.4 is 4.90 Å². The summed E-state index contributed by atoms with van der Waals surface area (Å²) in [5.74, 6) is 0.395. The van der Waals surface area contributed by atoms with Crippen molar-refractivity contribution in [3.05, 3.63) is 59.2 Å². The van der Waals surface area contributed by atoms with E-state index in [0.29, 0.717) is 0 Å². The van der Waals surface area contributed by atoms with Gasteiger partial charge in [-0.25, -0.2) is 0 Å². The van der Waals surface area contributed by atoms with E-state index in [1.807, 2.05) is 4.90 Å². The summed E-state index contributed by atoms with van der Waals surface area (Å²) in [6.07, 6.45) is 2.22. The van der Waals surface area contributed by atoms with Gasteiger partial charge in [-0.15, -0.1) is 0 Å². The van der Waals surface area contributed by atoms with Crippen LogP contribution in [0.2, 0.25) is 0 Å². The van der Waals surface area contributed by atoms with Crippen molar-refractivity contribution < 1.29 is 9.90 Å². The van der Waals surface area contributed by atoms with Crippen molar-refractivity contribution in [2.45, 2.75) is 25.9 Å². The van der Waals surface area contributed by atoms with E-state index in [1.54, 1.807) is 11.5 Å². The largest absolute Gasteiger partial charge is 0.480 e. The van der Waals surface area contributed by atoms with Crippen LogP contribution in [0.3, 0.4) is 0 Å².